The molecule has 0 amide bonds. The van der Waals surface area contributed by atoms with E-state index in [4.69, 9.17) is 9.47 Å². The lowest BCUT2D eigenvalue weighted by Gasteiger charge is -2.23. The van der Waals surface area contributed by atoms with Crippen LogP contribution in [-0.4, -0.2) is 23.5 Å². The van der Waals surface area contributed by atoms with Gasteiger partial charge in [0.1, 0.15) is 5.76 Å². The van der Waals surface area contributed by atoms with E-state index in [1.54, 1.807) is 13.0 Å². The van der Waals surface area contributed by atoms with Crippen LogP contribution in [0, 0.1) is 0 Å². The van der Waals surface area contributed by atoms with E-state index >= 15 is 0 Å². The number of aliphatic hydroxyl groups excluding tert-OH is 1. The molecule has 1 aromatic carbocycles. The summed E-state index contributed by atoms with van der Waals surface area (Å²) in [5.74, 6) is 0.525. The number of hydrogen-bond acceptors (Lipinski definition) is 5. The highest BCUT2D eigenvalue weighted by atomic mass is 16.7. The standard InChI is InChI=1S/C16H16O5/c1-2-11(17)16-12(18)5-10(6-13(16)19)9-3-4-14-15(7-9)21-8-20-14/h3-4,7,10,18H,2,5-6,8H2,1H3. The van der Waals surface area contributed by atoms with Crippen molar-refractivity contribution in [3.63, 3.8) is 0 Å². The number of aliphatic hydroxyl groups is 1. The fourth-order valence-corrected chi connectivity index (χ4v) is 2.79. The molecule has 21 heavy (non-hydrogen) atoms. The lowest BCUT2D eigenvalue weighted by molar-refractivity contribution is -0.122. The predicted molar refractivity (Wildman–Crippen MR) is 74.5 cm³/mol. The van der Waals surface area contributed by atoms with Crippen molar-refractivity contribution in [1.82, 2.24) is 0 Å². The minimum absolute atomic E-state index is 0.0190. The average Bonchev–Trinajstić information content (AvgIpc) is 2.93. The first-order chi connectivity index (χ1) is 10.1. The van der Waals surface area contributed by atoms with Gasteiger partial charge in [0.05, 0.1) is 5.57 Å². The van der Waals surface area contributed by atoms with Gasteiger partial charge in [0.25, 0.3) is 0 Å². The Morgan fingerprint density at radius 1 is 1.29 bits per heavy atom. The second-order valence-corrected chi connectivity index (χ2v) is 5.24. The summed E-state index contributed by atoms with van der Waals surface area (Å²) in [6, 6.07) is 5.50. The molecule has 110 valence electrons. The number of rotatable bonds is 3. The largest absolute Gasteiger partial charge is 0.511 e. The van der Waals surface area contributed by atoms with Crippen molar-refractivity contribution in [2.45, 2.75) is 32.1 Å². The minimum atomic E-state index is -0.290. The first-order valence-electron chi connectivity index (χ1n) is 6.98. The summed E-state index contributed by atoms with van der Waals surface area (Å²) in [6.45, 7) is 1.88. The zero-order chi connectivity index (χ0) is 15.0. The molecular weight excluding hydrogens is 272 g/mol. The average molecular weight is 288 g/mol. The zero-order valence-electron chi connectivity index (χ0n) is 11.7. The Labute approximate surface area is 122 Å². The number of ether oxygens (including phenoxy) is 2. The first-order valence-corrected chi connectivity index (χ1v) is 6.98. The highest BCUT2D eigenvalue weighted by Crippen LogP contribution is 2.39. The fourth-order valence-electron chi connectivity index (χ4n) is 2.79. The molecule has 0 fully saturated rings. The molecule has 3 rings (SSSR count). The maximum atomic E-state index is 12.1. The van der Waals surface area contributed by atoms with Gasteiger partial charge in [-0.1, -0.05) is 13.0 Å². The molecule has 0 spiro atoms. The van der Waals surface area contributed by atoms with Gasteiger partial charge in [-0.25, -0.2) is 0 Å². The number of fused-ring (bicyclic) bond motifs is 1. The van der Waals surface area contributed by atoms with Crippen molar-refractivity contribution in [2.75, 3.05) is 6.79 Å². The van der Waals surface area contributed by atoms with Crippen LogP contribution >= 0.6 is 0 Å². The van der Waals surface area contributed by atoms with E-state index < -0.39 is 0 Å². The van der Waals surface area contributed by atoms with Gasteiger partial charge in [0.2, 0.25) is 6.79 Å². The van der Waals surface area contributed by atoms with Gasteiger partial charge < -0.3 is 14.6 Å². The molecular formula is C16H16O5. The van der Waals surface area contributed by atoms with E-state index in [0.29, 0.717) is 17.9 Å². The number of hydrogen-bond donors (Lipinski definition) is 1. The maximum absolute atomic E-state index is 12.1. The molecule has 0 saturated carbocycles. The van der Waals surface area contributed by atoms with Gasteiger partial charge in [0, 0.05) is 19.3 Å². The monoisotopic (exact) mass is 288 g/mol. The van der Waals surface area contributed by atoms with Crippen LogP contribution in [0.15, 0.2) is 29.5 Å². The van der Waals surface area contributed by atoms with Crippen molar-refractivity contribution in [1.29, 1.82) is 0 Å². The third-order valence-corrected chi connectivity index (χ3v) is 3.91. The maximum Gasteiger partial charge on any atom is 0.231 e. The summed E-state index contributed by atoms with van der Waals surface area (Å²) in [7, 11) is 0. The van der Waals surface area contributed by atoms with E-state index in [1.165, 1.54) is 0 Å². The van der Waals surface area contributed by atoms with Crippen molar-refractivity contribution in [3.8, 4) is 11.5 Å². The summed E-state index contributed by atoms with van der Waals surface area (Å²) in [6.07, 6.45) is 0.747. The van der Waals surface area contributed by atoms with Crippen molar-refractivity contribution >= 4 is 11.6 Å². The highest BCUT2D eigenvalue weighted by molar-refractivity contribution is 6.21. The smallest absolute Gasteiger partial charge is 0.231 e. The Morgan fingerprint density at radius 3 is 2.76 bits per heavy atom. The Morgan fingerprint density at radius 2 is 2.05 bits per heavy atom. The van der Waals surface area contributed by atoms with Crippen molar-refractivity contribution in [3.05, 3.63) is 35.1 Å². The predicted octanol–water partition coefficient (Wildman–Crippen LogP) is 2.65. The second kappa shape index (κ2) is 5.24. The van der Waals surface area contributed by atoms with Crippen molar-refractivity contribution in [2.24, 2.45) is 0 Å². The highest BCUT2D eigenvalue weighted by Gasteiger charge is 2.32. The van der Waals surface area contributed by atoms with Crippen LogP contribution in [0.3, 0.4) is 0 Å². The number of Topliss-reactive ketones (excluding diaryl/α,β-unsaturated/α-hetero) is 2. The topological polar surface area (TPSA) is 72.8 Å². The van der Waals surface area contributed by atoms with Crippen LogP contribution in [0.4, 0.5) is 0 Å². The molecule has 5 nitrogen and oxygen atoms in total. The molecule has 5 heteroatoms. The van der Waals surface area contributed by atoms with Crippen LogP contribution in [0.25, 0.3) is 0 Å². The van der Waals surface area contributed by atoms with E-state index in [9.17, 15) is 14.7 Å². The molecule has 1 atom stereocenters. The molecule has 1 N–H and O–H groups in total. The van der Waals surface area contributed by atoms with E-state index in [2.05, 4.69) is 0 Å². The van der Waals surface area contributed by atoms with Crippen LogP contribution in [0.1, 0.15) is 37.7 Å². The van der Waals surface area contributed by atoms with Gasteiger partial charge in [-0.3, -0.25) is 9.59 Å². The molecule has 0 aromatic heterocycles. The van der Waals surface area contributed by atoms with Gasteiger partial charge in [-0.15, -0.1) is 0 Å². The number of allylic oxidation sites excluding steroid dienone is 2. The van der Waals surface area contributed by atoms with Gasteiger partial charge >= 0.3 is 0 Å². The van der Waals surface area contributed by atoms with E-state index in [0.717, 1.165) is 5.56 Å². The van der Waals surface area contributed by atoms with Crippen LogP contribution in [0.5, 0.6) is 11.5 Å². The summed E-state index contributed by atoms with van der Waals surface area (Å²) in [5.41, 5.74) is 0.886. The molecule has 0 radical (unpaired) electrons. The summed E-state index contributed by atoms with van der Waals surface area (Å²) in [5, 5.41) is 10.0. The summed E-state index contributed by atoms with van der Waals surface area (Å²) < 4.78 is 10.6. The SMILES string of the molecule is CCC(=O)C1=C(O)CC(c2ccc3c(c2)OCO3)CC1=O. The Bertz CT molecular complexity index is 644. The fraction of sp³-hybridized carbons (Fsp3) is 0.375. The summed E-state index contributed by atoms with van der Waals surface area (Å²) >= 11 is 0. The summed E-state index contributed by atoms with van der Waals surface area (Å²) in [4.78, 5) is 23.8. The van der Waals surface area contributed by atoms with Gasteiger partial charge in [0.15, 0.2) is 23.1 Å². The molecule has 1 aliphatic heterocycles. The number of benzene rings is 1. The molecule has 2 aliphatic rings. The third kappa shape index (κ3) is 2.39. The minimum Gasteiger partial charge on any atom is -0.511 e. The molecule has 1 aliphatic carbocycles. The van der Waals surface area contributed by atoms with E-state index in [-0.39, 0.29) is 48.5 Å². The quantitative estimate of drug-likeness (QED) is 0.866. The number of carbonyl (C=O) groups excluding carboxylic acids is 2. The lowest BCUT2D eigenvalue weighted by atomic mass is 9.81. The van der Waals surface area contributed by atoms with Crippen LogP contribution in [0.2, 0.25) is 0 Å². The molecule has 0 bridgehead atoms. The van der Waals surface area contributed by atoms with Crippen LogP contribution < -0.4 is 9.47 Å². The third-order valence-electron chi connectivity index (χ3n) is 3.91. The normalized spacial score (nSPS) is 20.8. The number of carbonyl (C=O) groups is 2. The van der Waals surface area contributed by atoms with E-state index in [1.807, 2.05) is 12.1 Å². The lowest BCUT2D eigenvalue weighted by Crippen LogP contribution is -2.23. The van der Waals surface area contributed by atoms with Crippen molar-refractivity contribution < 1.29 is 24.2 Å². The van der Waals surface area contributed by atoms with Gasteiger partial charge in [-0.05, 0) is 23.6 Å². The Hall–Kier alpha value is -2.30. The van der Waals surface area contributed by atoms with Gasteiger partial charge in [-0.2, -0.15) is 0 Å². The Balaban J connectivity index is 1.88. The molecule has 1 aromatic rings. The Kier molecular flexibility index (Phi) is 3.41. The number of ketones is 2. The molecule has 0 saturated heterocycles. The molecule has 1 heterocycles. The molecule has 1 unspecified atom stereocenters. The van der Waals surface area contributed by atoms with Crippen LogP contribution in [-0.2, 0) is 9.59 Å². The zero-order valence-corrected chi connectivity index (χ0v) is 11.7. The first kappa shape index (κ1) is 13.7. The second-order valence-electron chi connectivity index (χ2n) is 5.24.